The third-order valence-electron chi connectivity index (χ3n) is 3.11. The number of ether oxygens (including phenoxy) is 1. The lowest BCUT2D eigenvalue weighted by molar-refractivity contribution is -0.384. The Morgan fingerprint density at radius 1 is 1.14 bits per heavy atom. The number of carbonyl (C=O) groups is 1. The Labute approximate surface area is 127 Å². The summed E-state index contributed by atoms with van der Waals surface area (Å²) in [4.78, 5) is 21.5. The topological polar surface area (TPSA) is 89.7 Å². The molecule has 0 heterocycles. The van der Waals surface area contributed by atoms with E-state index >= 15 is 0 Å². The van der Waals surface area contributed by atoms with Gasteiger partial charge in [-0.1, -0.05) is 42.5 Å². The Balaban J connectivity index is 2.04. The molecule has 0 amide bonds. The molecule has 0 radical (unpaired) electrons. The van der Waals surface area contributed by atoms with Crippen LogP contribution in [0.15, 0.2) is 54.6 Å². The van der Waals surface area contributed by atoms with Crippen LogP contribution in [0.5, 0.6) is 0 Å². The molecule has 0 spiro atoms. The van der Waals surface area contributed by atoms with Crippen molar-refractivity contribution in [2.24, 2.45) is 0 Å². The van der Waals surface area contributed by atoms with Crippen LogP contribution >= 0.6 is 0 Å². The van der Waals surface area contributed by atoms with Gasteiger partial charge in [-0.15, -0.1) is 0 Å². The standard InChI is InChI=1S/C16H15NO5/c18-16(19)15(22-11-12-5-2-1-3-6-12)10-13-7-4-8-14(9-13)17(20)21/h1-9,15H,10-11H2,(H,18,19). The number of carboxylic acids is 1. The van der Waals surface area contributed by atoms with Gasteiger partial charge in [-0.3, -0.25) is 10.1 Å². The number of non-ortho nitro benzene ring substituents is 1. The van der Waals surface area contributed by atoms with Gasteiger partial charge in [0.25, 0.3) is 5.69 Å². The lowest BCUT2D eigenvalue weighted by Crippen LogP contribution is -2.26. The van der Waals surface area contributed by atoms with Gasteiger partial charge in [-0.25, -0.2) is 4.79 Å². The summed E-state index contributed by atoms with van der Waals surface area (Å²) in [5, 5.41) is 20.0. The second kappa shape index (κ2) is 7.33. The molecule has 0 aromatic heterocycles. The van der Waals surface area contributed by atoms with Gasteiger partial charge < -0.3 is 9.84 Å². The Morgan fingerprint density at radius 2 is 1.82 bits per heavy atom. The number of hydrogen-bond acceptors (Lipinski definition) is 4. The van der Waals surface area contributed by atoms with Crippen LogP contribution in [0.3, 0.4) is 0 Å². The molecule has 1 atom stereocenters. The molecule has 22 heavy (non-hydrogen) atoms. The second-order valence-electron chi connectivity index (χ2n) is 4.75. The fraction of sp³-hybridized carbons (Fsp3) is 0.188. The average molecular weight is 301 g/mol. The highest BCUT2D eigenvalue weighted by molar-refractivity contribution is 5.72. The molecule has 0 bridgehead atoms. The first-order valence-corrected chi connectivity index (χ1v) is 6.68. The Hall–Kier alpha value is -2.73. The van der Waals surface area contributed by atoms with Crippen molar-refractivity contribution in [2.45, 2.75) is 19.1 Å². The Morgan fingerprint density at radius 3 is 2.45 bits per heavy atom. The van der Waals surface area contributed by atoms with Crippen molar-refractivity contribution >= 4 is 11.7 Å². The van der Waals surface area contributed by atoms with Crippen LogP contribution in [0.2, 0.25) is 0 Å². The minimum atomic E-state index is -1.09. The highest BCUT2D eigenvalue weighted by Crippen LogP contribution is 2.16. The van der Waals surface area contributed by atoms with E-state index in [1.165, 1.54) is 18.2 Å². The summed E-state index contributed by atoms with van der Waals surface area (Å²) < 4.78 is 5.42. The van der Waals surface area contributed by atoms with E-state index in [9.17, 15) is 20.0 Å². The van der Waals surface area contributed by atoms with Crippen molar-refractivity contribution in [1.82, 2.24) is 0 Å². The molecule has 0 aliphatic carbocycles. The first kappa shape index (κ1) is 15.7. The smallest absolute Gasteiger partial charge is 0.333 e. The van der Waals surface area contributed by atoms with Crippen LogP contribution in [0.1, 0.15) is 11.1 Å². The fourth-order valence-corrected chi connectivity index (χ4v) is 2.00. The minimum Gasteiger partial charge on any atom is -0.479 e. The first-order chi connectivity index (χ1) is 10.6. The van der Waals surface area contributed by atoms with E-state index in [-0.39, 0.29) is 18.7 Å². The molecule has 1 unspecified atom stereocenters. The lowest BCUT2D eigenvalue weighted by Gasteiger charge is -2.13. The monoisotopic (exact) mass is 301 g/mol. The first-order valence-electron chi connectivity index (χ1n) is 6.68. The van der Waals surface area contributed by atoms with Gasteiger partial charge in [0.15, 0.2) is 6.10 Å². The van der Waals surface area contributed by atoms with Crippen LogP contribution in [0.25, 0.3) is 0 Å². The number of nitrogens with zero attached hydrogens (tertiary/aromatic N) is 1. The van der Waals surface area contributed by atoms with E-state index in [2.05, 4.69) is 0 Å². The molecule has 114 valence electrons. The number of nitro groups is 1. The highest BCUT2D eigenvalue weighted by Gasteiger charge is 2.20. The second-order valence-corrected chi connectivity index (χ2v) is 4.75. The Bertz CT molecular complexity index is 657. The zero-order valence-electron chi connectivity index (χ0n) is 11.7. The van der Waals surface area contributed by atoms with Gasteiger partial charge in [0.2, 0.25) is 0 Å². The largest absolute Gasteiger partial charge is 0.479 e. The Kier molecular flexibility index (Phi) is 5.21. The number of aliphatic carboxylic acids is 1. The van der Waals surface area contributed by atoms with E-state index in [1.807, 2.05) is 30.3 Å². The summed E-state index contributed by atoms with van der Waals surface area (Å²) in [5.74, 6) is -1.09. The molecule has 1 N–H and O–H groups in total. The van der Waals surface area contributed by atoms with Crippen LogP contribution < -0.4 is 0 Å². The van der Waals surface area contributed by atoms with Crippen LogP contribution in [0.4, 0.5) is 5.69 Å². The molecule has 6 heteroatoms. The van der Waals surface area contributed by atoms with Crippen molar-refractivity contribution in [3.63, 3.8) is 0 Å². The summed E-state index contributed by atoms with van der Waals surface area (Å²) in [6.07, 6.45) is -0.980. The number of rotatable bonds is 7. The van der Waals surface area contributed by atoms with Crippen LogP contribution in [0, 0.1) is 10.1 Å². The van der Waals surface area contributed by atoms with E-state index in [0.29, 0.717) is 5.56 Å². The molecule has 2 aromatic rings. The quantitative estimate of drug-likeness (QED) is 0.627. The number of carboxylic acid groups (broad SMARTS) is 1. The minimum absolute atomic E-state index is 0.0651. The maximum Gasteiger partial charge on any atom is 0.333 e. The lowest BCUT2D eigenvalue weighted by atomic mass is 10.1. The third-order valence-corrected chi connectivity index (χ3v) is 3.11. The predicted octanol–water partition coefficient (Wildman–Crippen LogP) is 2.81. The van der Waals surface area contributed by atoms with Crippen LogP contribution in [-0.2, 0) is 22.6 Å². The van der Waals surface area contributed by atoms with E-state index in [1.54, 1.807) is 6.07 Å². The zero-order chi connectivity index (χ0) is 15.9. The number of hydrogen-bond donors (Lipinski definition) is 1. The fourth-order valence-electron chi connectivity index (χ4n) is 2.00. The molecule has 0 fully saturated rings. The molecule has 0 aliphatic rings. The molecular weight excluding hydrogens is 286 g/mol. The summed E-state index contributed by atoms with van der Waals surface area (Å²) >= 11 is 0. The number of nitro benzene ring substituents is 1. The summed E-state index contributed by atoms with van der Waals surface area (Å²) in [5.41, 5.74) is 1.35. The van der Waals surface area contributed by atoms with Crippen molar-refractivity contribution in [3.05, 3.63) is 75.8 Å². The normalized spacial score (nSPS) is 11.8. The third kappa shape index (κ3) is 4.39. The van der Waals surface area contributed by atoms with Gasteiger partial charge in [-0.2, -0.15) is 0 Å². The molecule has 6 nitrogen and oxygen atoms in total. The van der Waals surface area contributed by atoms with Crippen LogP contribution in [-0.4, -0.2) is 22.1 Å². The van der Waals surface area contributed by atoms with Crippen molar-refractivity contribution < 1.29 is 19.6 Å². The molecular formula is C16H15NO5. The zero-order valence-corrected chi connectivity index (χ0v) is 11.7. The summed E-state index contributed by atoms with van der Waals surface area (Å²) in [6.45, 7) is 0.173. The van der Waals surface area contributed by atoms with Gasteiger partial charge in [0.1, 0.15) is 0 Å². The van der Waals surface area contributed by atoms with Crippen molar-refractivity contribution in [2.75, 3.05) is 0 Å². The van der Waals surface area contributed by atoms with E-state index in [0.717, 1.165) is 5.56 Å². The van der Waals surface area contributed by atoms with Crippen molar-refractivity contribution in [3.8, 4) is 0 Å². The molecule has 0 saturated heterocycles. The maximum atomic E-state index is 11.3. The van der Waals surface area contributed by atoms with Crippen molar-refractivity contribution in [1.29, 1.82) is 0 Å². The summed E-state index contributed by atoms with van der Waals surface area (Å²) in [7, 11) is 0. The van der Waals surface area contributed by atoms with Gasteiger partial charge >= 0.3 is 5.97 Å². The maximum absolute atomic E-state index is 11.3. The van der Waals surface area contributed by atoms with Gasteiger partial charge in [0.05, 0.1) is 11.5 Å². The summed E-state index contributed by atoms with van der Waals surface area (Å²) in [6, 6.07) is 15.1. The average Bonchev–Trinajstić information content (AvgIpc) is 2.52. The van der Waals surface area contributed by atoms with E-state index < -0.39 is 17.0 Å². The van der Waals surface area contributed by atoms with Gasteiger partial charge in [-0.05, 0) is 11.1 Å². The SMILES string of the molecule is O=C(O)C(Cc1cccc([N+](=O)[O-])c1)OCc1ccccc1. The predicted molar refractivity (Wildman–Crippen MR) is 79.5 cm³/mol. The van der Waals surface area contributed by atoms with Gasteiger partial charge in [0, 0.05) is 18.6 Å². The van der Waals surface area contributed by atoms with E-state index in [4.69, 9.17) is 4.74 Å². The molecule has 0 aliphatic heterocycles. The molecule has 0 saturated carbocycles. The number of benzene rings is 2. The highest BCUT2D eigenvalue weighted by atomic mass is 16.6. The molecule has 2 aromatic carbocycles. The molecule has 2 rings (SSSR count).